The van der Waals surface area contributed by atoms with Crippen molar-refractivity contribution in [1.82, 2.24) is 5.32 Å². The number of nitrogens with zero attached hydrogens (tertiary/aromatic N) is 1. The van der Waals surface area contributed by atoms with E-state index in [1.807, 2.05) is 0 Å². The number of thioether (sulfide) groups is 1. The van der Waals surface area contributed by atoms with Crippen LogP contribution in [-0.4, -0.2) is 36.3 Å². The van der Waals surface area contributed by atoms with Gasteiger partial charge in [0.2, 0.25) is 5.91 Å². The number of nitro benzene ring substituents is 1. The molecule has 0 aromatic heterocycles. The number of esters is 1. The predicted octanol–water partition coefficient (Wildman–Crippen LogP) is 3.19. The lowest BCUT2D eigenvalue weighted by Gasteiger charge is -2.13. The number of hydrogen-bond donors (Lipinski definition) is 1. The van der Waals surface area contributed by atoms with Crippen LogP contribution in [0.15, 0.2) is 47.4 Å². The number of methoxy groups -OCH3 is 2. The van der Waals surface area contributed by atoms with Gasteiger partial charge in [0, 0.05) is 23.6 Å². The van der Waals surface area contributed by atoms with Crippen molar-refractivity contribution in [2.24, 2.45) is 0 Å². The summed E-state index contributed by atoms with van der Waals surface area (Å²) >= 11 is 1.30. The molecule has 2 rings (SSSR count). The van der Waals surface area contributed by atoms with Gasteiger partial charge in [-0.1, -0.05) is 6.07 Å². The Balaban J connectivity index is 1.97. The van der Waals surface area contributed by atoms with Crippen molar-refractivity contribution in [2.45, 2.75) is 23.6 Å². The second kappa shape index (κ2) is 9.75. The molecule has 0 saturated carbocycles. The summed E-state index contributed by atoms with van der Waals surface area (Å²) in [6, 6.07) is 11.0. The summed E-state index contributed by atoms with van der Waals surface area (Å²) in [7, 11) is 2.74. The molecule has 0 spiro atoms. The molecule has 28 heavy (non-hydrogen) atoms. The van der Waals surface area contributed by atoms with E-state index in [9.17, 15) is 19.7 Å². The third kappa shape index (κ3) is 5.46. The SMILES string of the molecule is COC(=O)c1cc(CNC(=O)C(C)Sc2ccc([N+](=O)[O-])cc2)ccc1OC. The van der Waals surface area contributed by atoms with Gasteiger partial charge in [-0.25, -0.2) is 4.79 Å². The Hall–Kier alpha value is -3.07. The van der Waals surface area contributed by atoms with Crippen molar-refractivity contribution in [2.75, 3.05) is 14.2 Å². The van der Waals surface area contributed by atoms with Crippen molar-refractivity contribution in [3.8, 4) is 5.75 Å². The summed E-state index contributed by atoms with van der Waals surface area (Å²) in [5.41, 5.74) is 1.01. The highest BCUT2D eigenvalue weighted by Gasteiger charge is 2.17. The fraction of sp³-hybridized carbons (Fsp3) is 0.263. The largest absolute Gasteiger partial charge is 0.496 e. The fourth-order valence-electron chi connectivity index (χ4n) is 2.37. The lowest BCUT2D eigenvalue weighted by molar-refractivity contribution is -0.384. The first kappa shape index (κ1) is 21.2. The zero-order valence-electron chi connectivity index (χ0n) is 15.6. The molecule has 0 aliphatic carbocycles. The number of ether oxygens (including phenoxy) is 2. The summed E-state index contributed by atoms with van der Waals surface area (Å²) in [6.45, 7) is 1.98. The van der Waals surface area contributed by atoms with E-state index in [1.54, 1.807) is 37.3 Å². The number of benzene rings is 2. The maximum absolute atomic E-state index is 12.3. The molecule has 1 amide bonds. The third-order valence-electron chi connectivity index (χ3n) is 3.87. The van der Waals surface area contributed by atoms with Crippen LogP contribution >= 0.6 is 11.8 Å². The van der Waals surface area contributed by atoms with Crippen LogP contribution in [0.4, 0.5) is 5.69 Å². The topological polar surface area (TPSA) is 108 Å². The summed E-state index contributed by atoms with van der Waals surface area (Å²) < 4.78 is 9.88. The molecule has 9 heteroatoms. The quantitative estimate of drug-likeness (QED) is 0.311. The highest BCUT2D eigenvalue weighted by molar-refractivity contribution is 8.00. The van der Waals surface area contributed by atoms with Crippen molar-refractivity contribution >= 4 is 29.3 Å². The molecule has 0 bridgehead atoms. The molecule has 0 aliphatic heterocycles. The second-order valence-electron chi connectivity index (χ2n) is 5.76. The zero-order valence-corrected chi connectivity index (χ0v) is 16.4. The van der Waals surface area contributed by atoms with E-state index in [1.165, 1.54) is 38.1 Å². The maximum atomic E-state index is 12.3. The van der Waals surface area contributed by atoms with Gasteiger partial charge >= 0.3 is 5.97 Å². The summed E-state index contributed by atoms with van der Waals surface area (Å²) in [5, 5.41) is 13.1. The van der Waals surface area contributed by atoms with Crippen LogP contribution in [0, 0.1) is 10.1 Å². The normalized spacial score (nSPS) is 11.4. The molecule has 148 valence electrons. The summed E-state index contributed by atoms with van der Waals surface area (Å²) in [5.74, 6) is -0.324. The monoisotopic (exact) mass is 404 g/mol. The highest BCUT2D eigenvalue weighted by atomic mass is 32.2. The van der Waals surface area contributed by atoms with Gasteiger partial charge in [0.05, 0.1) is 24.4 Å². The molecule has 1 N–H and O–H groups in total. The number of nitro groups is 1. The van der Waals surface area contributed by atoms with Crippen LogP contribution < -0.4 is 10.1 Å². The van der Waals surface area contributed by atoms with Gasteiger partial charge in [-0.2, -0.15) is 0 Å². The number of non-ortho nitro benzene ring substituents is 1. The molecule has 1 atom stereocenters. The lowest BCUT2D eigenvalue weighted by atomic mass is 10.1. The molecule has 1 unspecified atom stereocenters. The fourth-order valence-corrected chi connectivity index (χ4v) is 3.26. The van der Waals surface area contributed by atoms with Crippen LogP contribution in [0.25, 0.3) is 0 Å². The molecular weight excluding hydrogens is 384 g/mol. The average Bonchev–Trinajstić information content (AvgIpc) is 2.71. The third-order valence-corrected chi connectivity index (χ3v) is 4.98. The number of hydrogen-bond acceptors (Lipinski definition) is 7. The molecule has 0 heterocycles. The van der Waals surface area contributed by atoms with E-state index in [-0.39, 0.29) is 23.7 Å². The number of carbonyl (C=O) groups excluding carboxylic acids is 2. The zero-order chi connectivity index (χ0) is 20.7. The Morgan fingerprint density at radius 1 is 1.18 bits per heavy atom. The molecule has 2 aromatic carbocycles. The van der Waals surface area contributed by atoms with Gasteiger partial charge in [-0.15, -0.1) is 11.8 Å². The molecule has 2 aromatic rings. The number of amides is 1. The van der Waals surface area contributed by atoms with Gasteiger partial charge < -0.3 is 14.8 Å². The standard InChI is InChI=1S/C19H20N2O6S/c1-12(28-15-7-5-14(6-8-15)21(24)25)18(22)20-11-13-4-9-17(26-2)16(10-13)19(23)27-3/h4-10,12H,11H2,1-3H3,(H,20,22). The second-order valence-corrected chi connectivity index (χ2v) is 7.17. The van der Waals surface area contributed by atoms with Gasteiger partial charge in [0.25, 0.3) is 5.69 Å². The van der Waals surface area contributed by atoms with Crippen molar-refractivity contribution in [1.29, 1.82) is 0 Å². The minimum Gasteiger partial charge on any atom is -0.496 e. The van der Waals surface area contributed by atoms with E-state index in [0.29, 0.717) is 5.75 Å². The first-order valence-electron chi connectivity index (χ1n) is 8.29. The lowest BCUT2D eigenvalue weighted by Crippen LogP contribution is -2.30. The van der Waals surface area contributed by atoms with Gasteiger partial charge in [-0.05, 0) is 36.8 Å². The number of nitrogens with one attached hydrogen (secondary N) is 1. The van der Waals surface area contributed by atoms with E-state index >= 15 is 0 Å². The highest BCUT2D eigenvalue weighted by Crippen LogP contribution is 2.26. The maximum Gasteiger partial charge on any atom is 0.341 e. The Kier molecular flexibility index (Phi) is 7.39. The Labute approximate surface area is 166 Å². The van der Waals surface area contributed by atoms with E-state index in [2.05, 4.69) is 5.32 Å². The molecule has 0 radical (unpaired) electrons. The van der Waals surface area contributed by atoms with E-state index in [0.717, 1.165) is 10.5 Å². The number of rotatable bonds is 8. The van der Waals surface area contributed by atoms with Crippen LogP contribution in [-0.2, 0) is 16.1 Å². The number of carbonyl (C=O) groups is 2. The van der Waals surface area contributed by atoms with Crippen LogP contribution in [0.3, 0.4) is 0 Å². The van der Waals surface area contributed by atoms with Crippen molar-refractivity contribution in [3.05, 3.63) is 63.7 Å². The smallest absolute Gasteiger partial charge is 0.341 e. The van der Waals surface area contributed by atoms with E-state index < -0.39 is 16.1 Å². The Morgan fingerprint density at radius 3 is 2.43 bits per heavy atom. The van der Waals surface area contributed by atoms with E-state index in [4.69, 9.17) is 9.47 Å². The van der Waals surface area contributed by atoms with Gasteiger partial charge in [0.1, 0.15) is 11.3 Å². The minimum absolute atomic E-state index is 0.00219. The first-order valence-corrected chi connectivity index (χ1v) is 9.17. The molecule has 8 nitrogen and oxygen atoms in total. The van der Waals surface area contributed by atoms with Crippen LogP contribution in [0.2, 0.25) is 0 Å². The van der Waals surface area contributed by atoms with Crippen molar-refractivity contribution in [3.63, 3.8) is 0 Å². The predicted molar refractivity (Wildman–Crippen MR) is 105 cm³/mol. The summed E-state index contributed by atoms with van der Waals surface area (Å²) in [4.78, 5) is 35.1. The Morgan fingerprint density at radius 2 is 1.86 bits per heavy atom. The van der Waals surface area contributed by atoms with Gasteiger partial charge in [-0.3, -0.25) is 14.9 Å². The summed E-state index contributed by atoms with van der Waals surface area (Å²) in [6.07, 6.45) is 0. The van der Waals surface area contributed by atoms with Crippen LogP contribution in [0.5, 0.6) is 5.75 Å². The van der Waals surface area contributed by atoms with Gasteiger partial charge in [0.15, 0.2) is 0 Å². The molecule has 0 saturated heterocycles. The van der Waals surface area contributed by atoms with Crippen molar-refractivity contribution < 1.29 is 24.0 Å². The molecule has 0 fully saturated rings. The first-order chi connectivity index (χ1) is 13.3. The molecular formula is C19H20N2O6S. The Bertz CT molecular complexity index is 869. The minimum atomic E-state index is -0.521. The molecule has 0 aliphatic rings. The van der Waals surface area contributed by atoms with Crippen LogP contribution in [0.1, 0.15) is 22.8 Å². The average molecular weight is 404 g/mol.